The third-order valence-electron chi connectivity index (χ3n) is 4.67. The Bertz CT molecular complexity index is 736. The van der Waals surface area contributed by atoms with E-state index in [1.165, 1.54) is 0 Å². The SMILES string of the molecule is Cc1nn(Cc2cccc(Cl)c2)cc1C(=O)NC1(CO)CCCC1. The van der Waals surface area contributed by atoms with Crippen molar-refractivity contribution in [1.82, 2.24) is 15.1 Å². The molecule has 0 bridgehead atoms. The number of carbonyl (C=O) groups excluding carboxylic acids is 1. The van der Waals surface area contributed by atoms with Gasteiger partial charge in [-0.05, 0) is 37.5 Å². The molecule has 128 valence electrons. The molecule has 5 nitrogen and oxygen atoms in total. The lowest BCUT2D eigenvalue weighted by Crippen LogP contribution is -2.49. The number of carbonyl (C=O) groups is 1. The van der Waals surface area contributed by atoms with Gasteiger partial charge in [0.05, 0.1) is 29.9 Å². The van der Waals surface area contributed by atoms with Crippen molar-refractivity contribution in [2.45, 2.75) is 44.7 Å². The first kappa shape index (κ1) is 17.0. The van der Waals surface area contributed by atoms with Gasteiger partial charge in [-0.3, -0.25) is 9.48 Å². The number of halogens is 1. The van der Waals surface area contributed by atoms with Crippen LogP contribution in [-0.4, -0.2) is 32.9 Å². The fourth-order valence-electron chi connectivity index (χ4n) is 3.33. The number of nitrogens with zero attached hydrogens (tertiary/aromatic N) is 2. The summed E-state index contributed by atoms with van der Waals surface area (Å²) in [6.45, 7) is 2.36. The van der Waals surface area contributed by atoms with E-state index in [9.17, 15) is 9.90 Å². The molecule has 0 saturated heterocycles. The minimum atomic E-state index is -0.474. The molecule has 0 aliphatic heterocycles. The molecule has 0 spiro atoms. The molecule has 1 aliphatic carbocycles. The van der Waals surface area contributed by atoms with Crippen LogP contribution < -0.4 is 5.32 Å². The standard InChI is InChI=1S/C18H22ClN3O2/c1-13-16(17(24)20-18(12-23)7-2-3-8-18)11-22(21-13)10-14-5-4-6-15(19)9-14/h4-6,9,11,23H,2-3,7-8,10,12H2,1H3,(H,20,24). The zero-order valence-corrected chi connectivity index (χ0v) is 14.5. The monoisotopic (exact) mass is 347 g/mol. The van der Waals surface area contributed by atoms with Gasteiger partial charge in [-0.15, -0.1) is 0 Å². The second kappa shape index (κ2) is 6.95. The highest BCUT2D eigenvalue weighted by molar-refractivity contribution is 6.30. The second-order valence-corrected chi connectivity index (χ2v) is 6.99. The van der Waals surface area contributed by atoms with Crippen molar-refractivity contribution in [2.75, 3.05) is 6.61 Å². The van der Waals surface area contributed by atoms with Gasteiger partial charge in [0, 0.05) is 11.2 Å². The van der Waals surface area contributed by atoms with Gasteiger partial charge in [0.2, 0.25) is 0 Å². The summed E-state index contributed by atoms with van der Waals surface area (Å²) in [6.07, 6.45) is 5.48. The molecule has 0 atom stereocenters. The zero-order chi connectivity index (χ0) is 17.2. The van der Waals surface area contributed by atoms with Gasteiger partial charge in [0.25, 0.3) is 5.91 Å². The Balaban J connectivity index is 1.75. The maximum absolute atomic E-state index is 12.6. The van der Waals surface area contributed by atoms with Gasteiger partial charge in [0.15, 0.2) is 0 Å². The van der Waals surface area contributed by atoms with Crippen LogP contribution in [0.1, 0.15) is 47.3 Å². The van der Waals surface area contributed by atoms with E-state index in [4.69, 9.17) is 11.6 Å². The van der Waals surface area contributed by atoms with Gasteiger partial charge < -0.3 is 10.4 Å². The fourth-order valence-corrected chi connectivity index (χ4v) is 3.54. The molecule has 0 radical (unpaired) electrons. The number of nitrogens with one attached hydrogen (secondary N) is 1. The van der Waals surface area contributed by atoms with E-state index in [0.717, 1.165) is 31.2 Å². The normalized spacial score (nSPS) is 16.3. The summed E-state index contributed by atoms with van der Waals surface area (Å²) in [7, 11) is 0. The van der Waals surface area contributed by atoms with Crippen LogP contribution in [0.2, 0.25) is 5.02 Å². The molecule has 1 saturated carbocycles. The lowest BCUT2D eigenvalue weighted by molar-refractivity contribution is 0.0838. The molecule has 0 unspecified atom stereocenters. The van der Waals surface area contributed by atoms with E-state index in [2.05, 4.69) is 10.4 Å². The van der Waals surface area contributed by atoms with Crippen LogP contribution in [0.25, 0.3) is 0 Å². The molecule has 1 fully saturated rings. The highest BCUT2D eigenvalue weighted by Crippen LogP contribution is 2.29. The quantitative estimate of drug-likeness (QED) is 0.873. The number of aryl methyl sites for hydroxylation is 1. The van der Waals surface area contributed by atoms with Crippen molar-refractivity contribution in [3.8, 4) is 0 Å². The van der Waals surface area contributed by atoms with Crippen LogP contribution in [0.15, 0.2) is 30.5 Å². The van der Waals surface area contributed by atoms with Gasteiger partial charge in [-0.25, -0.2) is 0 Å². The van der Waals surface area contributed by atoms with E-state index >= 15 is 0 Å². The van der Waals surface area contributed by atoms with E-state index in [-0.39, 0.29) is 12.5 Å². The largest absolute Gasteiger partial charge is 0.394 e. The zero-order valence-electron chi connectivity index (χ0n) is 13.8. The topological polar surface area (TPSA) is 67.2 Å². The minimum Gasteiger partial charge on any atom is -0.394 e. The van der Waals surface area contributed by atoms with Crippen molar-refractivity contribution >= 4 is 17.5 Å². The third-order valence-corrected chi connectivity index (χ3v) is 4.90. The summed E-state index contributed by atoms with van der Waals surface area (Å²) in [5.41, 5.74) is 1.79. The Hall–Kier alpha value is -1.85. The van der Waals surface area contributed by atoms with Crippen molar-refractivity contribution in [2.24, 2.45) is 0 Å². The second-order valence-electron chi connectivity index (χ2n) is 6.56. The molecule has 1 aliphatic rings. The lowest BCUT2D eigenvalue weighted by Gasteiger charge is -2.27. The number of aliphatic hydroxyl groups is 1. The van der Waals surface area contributed by atoms with Crippen LogP contribution in [0, 0.1) is 6.92 Å². The summed E-state index contributed by atoms with van der Waals surface area (Å²) in [6, 6.07) is 7.58. The van der Waals surface area contributed by atoms with Crippen molar-refractivity contribution in [3.63, 3.8) is 0 Å². The Labute approximate surface area is 146 Å². The van der Waals surface area contributed by atoms with Crippen LogP contribution in [0.5, 0.6) is 0 Å². The maximum atomic E-state index is 12.6. The number of hydrogen-bond acceptors (Lipinski definition) is 3. The number of aliphatic hydroxyl groups excluding tert-OH is 1. The summed E-state index contributed by atoms with van der Waals surface area (Å²) in [5.74, 6) is -0.166. The Morgan fingerprint density at radius 1 is 1.42 bits per heavy atom. The molecule has 1 heterocycles. The molecule has 1 aromatic heterocycles. The van der Waals surface area contributed by atoms with E-state index < -0.39 is 5.54 Å². The van der Waals surface area contributed by atoms with Crippen molar-refractivity contribution in [1.29, 1.82) is 0 Å². The summed E-state index contributed by atoms with van der Waals surface area (Å²) >= 11 is 6.01. The number of rotatable bonds is 5. The summed E-state index contributed by atoms with van der Waals surface area (Å²) in [4.78, 5) is 12.6. The lowest BCUT2D eigenvalue weighted by atomic mass is 9.98. The molecular weight excluding hydrogens is 326 g/mol. The first-order valence-corrected chi connectivity index (χ1v) is 8.61. The van der Waals surface area contributed by atoms with Gasteiger partial charge in [-0.2, -0.15) is 5.10 Å². The smallest absolute Gasteiger partial charge is 0.255 e. The Morgan fingerprint density at radius 3 is 2.83 bits per heavy atom. The van der Waals surface area contributed by atoms with Crippen molar-refractivity contribution < 1.29 is 9.90 Å². The predicted octanol–water partition coefficient (Wildman–Crippen LogP) is 2.93. The highest BCUT2D eigenvalue weighted by Gasteiger charge is 2.35. The minimum absolute atomic E-state index is 0.0194. The molecular formula is C18H22ClN3O2. The molecule has 1 aromatic carbocycles. The molecule has 3 rings (SSSR count). The van der Waals surface area contributed by atoms with Crippen LogP contribution in [0.3, 0.4) is 0 Å². The van der Waals surface area contributed by atoms with E-state index in [0.29, 0.717) is 22.8 Å². The van der Waals surface area contributed by atoms with E-state index in [1.54, 1.807) is 10.9 Å². The molecule has 24 heavy (non-hydrogen) atoms. The van der Waals surface area contributed by atoms with Gasteiger partial charge in [0.1, 0.15) is 0 Å². The molecule has 2 N–H and O–H groups in total. The van der Waals surface area contributed by atoms with Crippen LogP contribution >= 0.6 is 11.6 Å². The Kier molecular flexibility index (Phi) is 4.92. The molecule has 1 amide bonds. The fraction of sp³-hybridized carbons (Fsp3) is 0.444. The summed E-state index contributed by atoms with van der Waals surface area (Å²) < 4.78 is 1.75. The number of aromatic nitrogens is 2. The highest BCUT2D eigenvalue weighted by atomic mass is 35.5. The average Bonchev–Trinajstić information content (AvgIpc) is 3.15. The third kappa shape index (κ3) is 3.62. The molecule has 2 aromatic rings. The number of hydrogen-bond donors (Lipinski definition) is 2. The van der Waals surface area contributed by atoms with Crippen LogP contribution in [-0.2, 0) is 6.54 Å². The van der Waals surface area contributed by atoms with E-state index in [1.807, 2.05) is 31.2 Å². The average molecular weight is 348 g/mol. The number of benzene rings is 1. The predicted molar refractivity (Wildman–Crippen MR) is 93.3 cm³/mol. The first-order chi connectivity index (χ1) is 11.5. The number of amides is 1. The first-order valence-electron chi connectivity index (χ1n) is 8.23. The molecule has 6 heteroatoms. The van der Waals surface area contributed by atoms with Crippen molar-refractivity contribution in [3.05, 3.63) is 52.3 Å². The summed E-state index contributed by atoms with van der Waals surface area (Å²) in [5, 5.41) is 17.8. The maximum Gasteiger partial charge on any atom is 0.255 e. The van der Waals surface area contributed by atoms with Crippen LogP contribution in [0.4, 0.5) is 0 Å². The van der Waals surface area contributed by atoms with Gasteiger partial charge >= 0.3 is 0 Å². The Morgan fingerprint density at radius 2 is 2.17 bits per heavy atom. The van der Waals surface area contributed by atoms with Gasteiger partial charge in [-0.1, -0.05) is 36.6 Å².